The SMILES string of the molecule is CCc1cc2c(=O)n(C(C)C(=O)O)c(C)nc2s1. The van der Waals surface area contributed by atoms with Gasteiger partial charge in [-0.05, 0) is 26.3 Å². The minimum absolute atomic E-state index is 0.275. The van der Waals surface area contributed by atoms with E-state index in [1.165, 1.54) is 22.8 Å². The Morgan fingerprint density at radius 1 is 1.61 bits per heavy atom. The van der Waals surface area contributed by atoms with E-state index in [1.54, 1.807) is 13.0 Å². The van der Waals surface area contributed by atoms with Gasteiger partial charge in [0.1, 0.15) is 16.7 Å². The topological polar surface area (TPSA) is 72.2 Å². The molecule has 6 heteroatoms. The first-order valence-corrected chi connectivity index (χ1v) is 6.51. The lowest BCUT2D eigenvalue weighted by molar-refractivity contribution is -0.140. The molecule has 2 aromatic rings. The summed E-state index contributed by atoms with van der Waals surface area (Å²) in [7, 11) is 0. The molecule has 0 saturated carbocycles. The molecule has 0 spiro atoms. The molecular weight excluding hydrogens is 252 g/mol. The monoisotopic (exact) mass is 266 g/mol. The van der Waals surface area contributed by atoms with Crippen LogP contribution in [0.3, 0.4) is 0 Å². The molecule has 0 bridgehead atoms. The Morgan fingerprint density at radius 3 is 2.83 bits per heavy atom. The summed E-state index contributed by atoms with van der Waals surface area (Å²) in [6.07, 6.45) is 0.841. The average Bonchev–Trinajstić information content (AvgIpc) is 2.71. The molecule has 5 nitrogen and oxygen atoms in total. The zero-order valence-electron chi connectivity index (χ0n) is 10.4. The molecule has 0 aliphatic rings. The van der Waals surface area contributed by atoms with Crippen molar-refractivity contribution in [2.75, 3.05) is 0 Å². The molecule has 0 amide bonds. The van der Waals surface area contributed by atoms with Crippen molar-refractivity contribution in [3.8, 4) is 0 Å². The summed E-state index contributed by atoms with van der Waals surface area (Å²) in [5.74, 6) is -0.598. The summed E-state index contributed by atoms with van der Waals surface area (Å²) in [4.78, 5) is 29.4. The molecule has 0 saturated heterocycles. The number of carboxylic acid groups (broad SMARTS) is 1. The highest BCUT2D eigenvalue weighted by atomic mass is 32.1. The Bertz CT molecular complexity index is 672. The third-order valence-corrected chi connectivity index (χ3v) is 4.09. The van der Waals surface area contributed by atoms with Crippen LogP contribution in [0.15, 0.2) is 10.9 Å². The highest BCUT2D eigenvalue weighted by Crippen LogP contribution is 2.22. The maximum absolute atomic E-state index is 12.3. The maximum atomic E-state index is 12.3. The van der Waals surface area contributed by atoms with E-state index in [0.717, 1.165) is 11.3 Å². The first-order valence-electron chi connectivity index (χ1n) is 5.70. The number of nitrogens with zero attached hydrogens (tertiary/aromatic N) is 2. The minimum Gasteiger partial charge on any atom is -0.480 e. The summed E-state index contributed by atoms with van der Waals surface area (Å²) >= 11 is 1.48. The molecule has 0 aromatic carbocycles. The van der Waals surface area contributed by atoms with Crippen LogP contribution in [0.1, 0.15) is 30.6 Å². The smallest absolute Gasteiger partial charge is 0.326 e. The van der Waals surface area contributed by atoms with Gasteiger partial charge in [-0.15, -0.1) is 11.3 Å². The van der Waals surface area contributed by atoms with E-state index in [0.29, 0.717) is 16.0 Å². The first kappa shape index (κ1) is 12.8. The van der Waals surface area contributed by atoms with Crippen LogP contribution >= 0.6 is 11.3 Å². The van der Waals surface area contributed by atoms with E-state index >= 15 is 0 Å². The average molecular weight is 266 g/mol. The van der Waals surface area contributed by atoms with Crippen molar-refractivity contribution in [1.82, 2.24) is 9.55 Å². The van der Waals surface area contributed by atoms with E-state index in [2.05, 4.69) is 4.98 Å². The lowest BCUT2D eigenvalue weighted by Crippen LogP contribution is -2.30. The van der Waals surface area contributed by atoms with Crippen LogP contribution in [0.5, 0.6) is 0 Å². The molecule has 96 valence electrons. The van der Waals surface area contributed by atoms with Gasteiger partial charge in [-0.3, -0.25) is 9.36 Å². The van der Waals surface area contributed by atoms with Crippen LogP contribution < -0.4 is 5.56 Å². The Labute approximate surface area is 108 Å². The molecule has 1 N–H and O–H groups in total. The van der Waals surface area contributed by atoms with Crippen molar-refractivity contribution in [1.29, 1.82) is 0 Å². The Balaban J connectivity index is 2.75. The van der Waals surface area contributed by atoms with Crippen molar-refractivity contribution in [2.24, 2.45) is 0 Å². The van der Waals surface area contributed by atoms with Crippen LogP contribution in [-0.4, -0.2) is 20.6 Å². The summed E-state index contributed by atoms with van der Waals surface area (Å²) in [6, 6.07) is 0.902. The summed E-state index contributed by atoms with van der Waals surface area (Å²) in [6.45, 7) is 5.15. The fraction of sp³-hybridized carbons (Fsp3) is 0.417. The van der Waals surface area contributed by atoms with Crippen LogP contribution in [-0.2, 0) is 11.2 Å². The van der Waals surface area contributed by atoms with Crippen molar-refractivity contribution >= 4 is 27.5 Å². The van der Waals surface area contributed by atoms with Gasteiger partial charge in [0, 0.05) is 4.88 Å². The molecule has 2 aromatic heterocycles. The lowest BCUT2D eigenvalue weighted by Gasteiger charge is -2.13. The third-order valence-electron chi connectivity index (χ3n) is 2.92. The highest BCUT2D eigenvalue weighted by Gasteiger charge is 2.20. The van der Waals surface area contributed by atoms with E-state index in [1.807, 2.05) is 6.92 Å². The number of thiophene rings is 1. The highest BCUT2D eigenvalue weighted by molar-refractivity contribution is 7.18. The Hall–Kier alpha value is -1.69. The van der Waals surface area contributed by atoms with Gasteiger partial charge in [-0.2, -0.15) is 0 Å². The fourth-order valence-electron chi connectivity index (χ4n) is 1.89. The summed E-state index contributed by atoms with van der Waals surface area (Å²) < 4.78 is 1.23. The zero-order chi connectivity index (χ0) is 13.4. The van der Waals surface area contributed by atoms with E-state index < -0.39 is 12.0 Å². The number of fused-ring (bicyclic) bond motifs is 1. The summed E-state index contributed by atoms with van der Waals surface area (Å²) in [5, 5.41) is 9.53. The maximum Gasteiger partial charge on any atom is 0.326 e. The van der Waals surface area contributed by atoms with Crippen molar-refractivity contribution in [2.45, 2.75) is 33.2 Å². The molecule has 2 heterocycles. The van der Waals surface area contributed by atoms with Gasteiger partial charge in [0.2, 0.25) is 0 Å². The molecule has 1 atom stereocenters. The van der Waals surface area contributed by atoms with Crippen molar-refractivity contribution in [3.05, 3.63) is 27.1 Å². The van der Waals surface area contributed by atoms with E-state index in [9.17, 15) is 9.59 Å². The van der Waals surface area contributed by atoms with Crippen LogP contribution in [0.4, 0.5) is 0 Å². The number of carbonyl (C=O) groups is 1. The molecule has 2 rings (SSSR count). The van der Waals surface area contributed by atoms with Gasteiger partial charge in [0.25, 0.3) is 5.56 Å². The minimum atomic E-state index is -1.03. The standard InChI is InChI=1S/C12H14N2O3S/c1-4-8-5-9-10(18-8)13-7(3)14(11(9)15)6(2)12(16)17/h5-6H,4H2,1-3H3,(H,16,17). The van der Waals surface area contributed by atoms with Gasteiger partial charge < -0.3 is 5.11 Å². The second-order valence-electron chi connectivity index (χ2n) is 4.13. The Kier molecular flexibility index (Phi) is 3.21. The molecular formula is C12H14N2O3S. The predicted molar refractivity (Wildman–Crippen MR) is 70.3 cm³/mol. The number of rotatable bonds is 3. The second kappa shape index (κ2) is 4.53. The molecule has 0 aliphatic carbocycles. The van der Waals surface area contributed by atoms with Crippen molar-refractivity contribution in [3.63, 3.8) is 0 Å². The fourth-order valence-corrected chi connectivity index (χ4v) is 2.89. The van der Waals surface area contributed by atoms with Crippen molar-refractivity contribution < 1.29 is 9.90 Å². The zero-order valence-corrected chi connectivity index (χ0v) is 11.2. The van der Waals surface area contributed by atoms with Gasteiger partial charge in [-0.1, -0.05) is 6.92 Å². The van der Waals surface area contributed by atoms with E-state index in [-0.39, 0.29) is 5.56 Å². The van der Waals surface area contributed by atoms with Crippen LogP contribution in [0.2, 0.25) is 0 Å². The second-order valence-corrected chi connectivity index (χ2v) is 5.25. The number of aromatic nitrogens is 2. The lowest BCUT2D eigenvalue weighted by atomic mass is 10.3. The number of hydrogen-bond acceptors (Lipinski definition) is 4. The van der Waals surface area contributed by atoms with Crippen LogP contribution in [0, 0.1) is 6.92 Å². The number of hydrogen-bond donors (Lipinski definition) is 1. The first-order chi connectivity index (χ1) is 8.45. The number of aliphatic carboxylic acids is 1. The van der Waals surface area contributed by atoms with Gasteiger partial charge in [0.15, 0.2) is 0 Å². The molecule has 1 unspecified atom stereocenters. The summed E-state index contributed by atoms with van der Waals surface area (Å²) in [5.41, 5.74) is -0.275. The predicted octanol–water partition coefficient (Wildman–Crippen LogP) is 1.97. The van der Waals surface area contributed by atoms with Crippen LogP contribution in [0.25, 0.3) is 10.2 Å². The van der Waals surface area contributed by atoms with Gasteiger partial charge >= 0.3 is 5.97 Å². The normalized spacial score (nSPS) is 12.8. The van der Waals surface area contributed by atoms with E-state index in [4.69, 9.17) is 5.11 Å². The number of carboxylic acids is 1. The third kappa shape index (κ3) is 1.92. The molecule has 18 heavy (non-hydrogen) atoms. The quantitative estimate of drug-likeness (QED) is 0.922. The van der Waals surface area contributed by atoms with Gasteiger partial charge in [-0.25, -0.2) is 9.78 Å². The molecule has 0 fully saturated rings. The Morgan fingerprint density at radius 2 is 2.28 bits per heavy atom. The number of aryl methyl sites for hydroxylation is 2. The van der Waals surface area contributed by atoms with Gasteiger partial charge in [0.05, 0.1) is 5.39 Å². The molecule has 0 radical (unpaired) electrons. The largest absolute Gasteiger partial charge is 0.480 e. The molecule has 0 aliphatic heterocycles.